The molecule has 0 unspecified atom stereocenters. The summed E-state index contributed by atoms with van der Waals surface area (Å²) in [6.45, 7) is 8.99. The summed E-state index contributed by atoms with van der Waals surface area (Å²) < 4.78 is 5.53. The van der Waals surface area contributed by atoms with Crippen LogP contribution in [0.25, 0.3) is 0 Å². The van der Waals surface area contributed by atoms with Crippen molar-refractivity contribution in [1.29, 1.82) is 0 Å². The second kappa shape index (κ2) is 7.48. The standard InChI is InChI=1S/C15H24N2O2/c1-2-19-15-5-3-4-14(12-15)13-17-8-6-16(7-9-17)10-11-18/h3-5,12,18H,2,6-11,13H2,1H3. The molecule has 1 aliphatic heterocycles. The molecule has 2 rings (SSSR count). The van der Waals surface area contributed by atoms with Crippen LogP contribution in [0.5, 0.6) is 5.75 Å². The zero-order valence-electron chi connectivity index (χ0n) is 11.7. The number of hydrogen-bond donors (Lipinski definition) is 1. The third-order valence-electron chi connectivity index (χ3n) is 3.50. The van der Waals surface area contributed by atoms with E-state index in [-0.39, 0.29) is 6.61 Å². The number of piperazine rings is 1. The lowest BCUT2D eigenvalue weighted by Crippen LogP contribution is -2.46. The fourth-order valence-electron chi connectivity index (χ4n) is 2.47. The van der Waals surface area contributed by atoms with Gasteiger partial charge < -0.3 is 9.84 Å². The van der Waals surface area contributed by atoms with Crippen LogP contribution >= 0.6 is 0 Å². The first kappa shape index (κ1) is 14.3. The van der Waals surface area contributed by atoms with Gasteiger partial charge in [0, 0.05) is 39.3 Å². The molecule has 1 N–H and O–H groups in total. The Kier molecular flexibility index (Phi) is 5.63. The van der Waals surface area contributed by atoms with Gasteiger partial charge in [-0.05, 0) is 24.6 Å². The van der Waals surface area contributed by atoms with Gasteiger partial charge in [-0.3, -0.25) is 9.80 Å². The molecule has 0 bridgehead atoms. The van der Waals surface area contributed by atoms with Gasteiger partial charge in [-0.1, -0.05) is 12.1 Å². The Bertz CT molecular complexity index is 376. The molecule has 106 valence electrons. The van der Waals surface area contributed by atoms with Crippen molar-refractivity contribution >= 4 is 0 Å². The molecule has 1 aromatic carbocycles. The number of benzene rings is 1. The Hall–Kier alpha value is -1.10. The van der Waals surface area contributed by atoms with Gasteiger partial charge in [0.15, 0.2) is 0 Å². The van der Waals surface area contributed by atoms with E-state index in [1.807, 2.05) is 13.0 Å². The monoisotopic (exact) mass is 264 g/mol. The molecule has 4 heteroatoms. The number of hydrogen-bond acceptors (Lipinski definition) is 4. The maximum absolute atomic E-state index is 8.93. The quantitative estimate of drug-likeness (QED) is 0.837. The van der Waals surface area contributed by atoms with Crippen LogP contribution in [0.2, 0.25) is 0 Å². The van der Waals surface area contributed by atoms with E-state index in [0.29, 0.717) is 6.61 Å². The van der Waals surface area contributed by atoms with Gasteiger partial charge in [0.05, 0.1) is 13.2 Å². The number of β-amino-alcohol motifs (C(OH)–C–C–N with tert-alkyl or cyclic N) is 1. The lowest BCUT2D eigenvalue weighted by Gasteiger charge is -2.34. The Morgan fingerprint density at radius 2 is 1.89 bits per heavy atom. The molecule has 19 heavy (non-hydrogen) atoms. The van der Waals surface area contributed by atoms with E-state index in [1.165, 1.54) is 5.56 Å². The van der Waals surface area contributed by atoms with E-state index in [1.54, 1.807) is 0 Å². The first-order chi connectivity index (χ1) is 9.31. The number of rotatable bonds is 6. The Morgan fingerprint density at radius 3 is 2.58 bits per heavy atom. The summed E-state index contributed by atoms with van der Waals surface area (Å²) in [6, 6.07) is 8.35. The van der Waals surface area contributed by atoms with Gasteiger partial charge in [-0.2, -0.15) is 0 Å². The number of aliphatic hydroxyl groups excluding tert-OH is 1. The van der Waals surface area contributed by atoms with Gasteiger partial charge in [0.25, 0.3) is 0 Å². The largest absolute Gasteiger partial charge is 0.494 e. The normalized spacial score (nSPS) is 17.6. The van der Waals surface area contributed by atoms with Crippen molar-refractivity contribution in [1.82, 2.24) is 9.80 Å². The lowest BCUT2D eigenvalue weighted by atomic mass is 10.2. The summed E-state index contributed by atoms with van der Waals surface area (Å²) in [4.78, 5) is 4.77. The van der Waals surface area contributed by atoms with Crippen LogP contribution in [-0.2, 0) is 6.54 Å². The second-order valence-corrected chi connectivity index (χ2v) is 4.92. The van der Waals surface area contributed by atoms with Crippen LogP contribution < -0.4 is 4.74 Å². The topological polar surface area (TPSA) is 35.9 Å². The minimum atomic E-state index is 0.260. The minimum Gasteiger partial charge on any atom is -0.494 e. The second-order valence-electron chi connectivity index (χ2n) is 4.92. The van der Waals surface area contributed by atoms with Crippen LogP contribution in [0.3, 0.4) is 0 Å². The van der Waals surface area contributed by atoms with Crippen LogP contribution in [0.4, 0.5) is 0 Å². The van der Waals surface area contributed by atoms with Crippen LogP contribution in [0, 0.1) is 0 Å². The van der Waals surface area contributed by atoms with Crippen LogP contribution in [-0.4, -0.2) is 60.8 Å². The minimum absolute atomic E-state index is 0.260. The molecule has 1 fully saturated rings. The van der Waals surface area contributed by atoms with E-state index in [9.17, 15) is 0 Å². The summed E-state index contributed by atoms with van der Waals surface area (Å²) >= 11 is 0. The SMILES string of the molecule is CCOc1cccc(CN2CCN(CCO)CC2)c1. The lowest BCUT2D eigenvalue weighted by molar-refractivity contribution is 0.108. The molecular formula is C15H24N2O2. The molecule has 1 aliphatic rings. The van der Waals surface area contributed by atoms with Crippen molar-refractivity contribution in [3.05, 3.63) is 29.8 Å². The van der Waals surface area contributed by atoms with Gasteiger partial charge in [-0.25, -0.2) is 0 Å². The molecule has 0 atom stereocenters. The molecule has 0 radical (unpaired) electrons. The zero-order chi connectivity index (χ0) is 13.5. The highest BCUT2D eigenvalue weighted by atomic mass is 16.5. The number of aliphatic hydroxyl groups is 1. The Labute approximate surface area is 115 Å². The average Bonchev–Trinajstić information content (AvgIpc) is 2.42. The van der Waals surface area contributed by atoms with Crippen molar-refractivity contribution in [2.75, 3.05) is 45.9 Å². The summed E-state index contributed by atoms with van der Waals surface area (Å²) in [5.74, 6) is 0.957. The predicted molar refractivity (Wildman–Crippen MR) is 76.4 cm³/mol. The predicted octanol–water partition coefficient (Wildman–Crippen LogP) is 1.20. The third kappa shape index (κ3) is 4.49. The zero-order valence-corrected chi connectivity index (χ0v) is 11.7. The van der Waals surface area contributed by atoms with Gasteiger partial charge in [0.2, 0.25) is 0 Å². The van der Waals surface area contributed by atoms with Crippen molar-refractivity contribution in [2.24, 2.45) is 0 Å². The summed E-state index contributed by atoms with van der Waals surface area (Å²) in [5, 5.41) is 8.93. The van der Waals surface area contributed by atoms with E-state index < -0.39 is 0 Å². The summed E-state index contributed by atoms with van der Waals surface area (Å²) in [7, 11) is 0. The van der Waals surface area contributed by atoms with Crippen molar-refractivity contribution in [2.45, 2.75) is 13.5 Å². The average molecular weight is 264 g/mol. The van der Waals surface area contributed by atoms with Crippen molar-refractivity contribution in [3.8, 4) is 5.75 Å². The highest BCUT2D eigenvalue weighted by Crippen LogP contribution is 2.15. The summed E-state index contributed by atoms with van der Waals surface area (Å²) in [5.41, 5.74) is 1.31. The molecule has 4 nitrogen and oxygen atoms in total. The van der Waals surface area contributed by atoms with Crippen molar-refractivity contribution in [3.63, 3.8) is 0 Å². The maximum Gasteiger partial charge on any atom is 0.119 e. The van der Waals surface area contributed by atoms with Crippen LogP contribution in [0.15, 0.2) is 24.3 Å². The van der Waals surface area contributed by atoms with Gasteiger partial charge in [0.1, 0.15) is 5.75 Å². The fourth-order valence-corrected chi connectivity index (χ4v) is 2.47. The number of nitrogens with zero attached hydrogens (tertiary/aromatic N) is 2. The maximum atomic E-state index is 8.93. The molecule has 0 aliphatic carbocycles. The first-order valence-electron chi connectivity index (χ1n) is 7.09. The molecule has 0 saturated carbocycles. The molecule has 1 aromatic rings. The molecule has 0 spiro atoms. The summed E-state index contributed by atoms with van der Waals surface area (Å²) in [6.07, 6.45) is 0. The van der Waals surface area contributed by atoms with E-state index >= 15 is 0 Å². The Balaban J connectivity index is 1.83. The van der Waals surface area contributed by atoms with Crippen molar-refractivity contribution < 1.29 is 9.84 Å². The molecule has 1 heterocycles. The van der Waals surface area contributed by atoms with Crippen LogP contribution in [0.1, 0.15) is 12.5 Å². The number of ether oxygens (including phenoxy) is 1. The molecular weight excluding hydrogens is 240 g/mol. The van der Waals surface area contributed by atoms with Gasteiger partial charge in [-0.15, -0.1) is 0 Å². The van der Waals surface area contributed by atoms with E-state index in [2.05, 4.69) is 28.0 Å². The van der Waals surface area contributed by atoms with E-state index in [0.717, 1.165) is 45.0 Å². The Morgan fingerprint density at radius 1 is 1.16 bits per heavy atom. The van der Waals surface area contributed by atoms with E-state index in [4.69, 9.17) is 9.84 Å². The molecule has 1 saturated heterocycles. The molecule has 0 aromatic heterocycles. The highest BCUT2D eigenvalue weighted by Gasteiger charge is 2.16. The molecule has 0 amide bonds. The third-order valence-corrected chi connectivity index (χ3v) is 3.50. The van der Waals surface area contributed by atoms with Gasteiger partial charge >= 0.3 is 0 Å². The highest BCUT2D eigenvalue weighted by molar-refractivity contribution is 5.28. The first-order valence-corrected chi connectivity index (χ1v) is 7.09. The fraction of sp³-hybridized carbons (Fsp3) is 0.600. The smallest absolute Gasteiger partial charge is 0.119 e.